The van der Waals surface area contributed by atoms with Crippen LogP contribution in [0.4, 0.5) is 0 Å². The van der Waals surface area contributed by atoms with Gasteiger partial charge in [-0.05, 0) is 82.1 Å². The van der Waals surface area contributed by atoms with Gasteiger partial charge in [-0.1, -0.05) is 0 Å². The van der Waals surface area contributed by atoms with E-state index in [4.69, 9.17) is 22.8 Å². The molecule has 2 aromatic carbocycles. The predicted molar refractivity (Wildman–Crippen MR) is 135 cm³/mol. The van der Waals surface area contributed by atoms with Gasteiger partial charge in [0.15, 0.2) is 5.78 Å². The number of methoxy groups -OCH3 is 2. The van der Waals surface area contributed by atoms with Crippen LogP contribution in [0.25, 0.3) is 5.76 Å². The lowest BCUT2D eigenvalue weighted by atomic mass is 9.96. The molecular weight excluding hydrogens is 452 g/mol. The molecular formula is C26H36O7Si. The number of Topliss-reactive ketones (excluding diaryl/α,β-unsaturated/α-hetero) is 1. The Kier molecular flexibility index (Phi) is 11.3. The van der Waals surface area contributed by atoms with Crippen molar-refractivity contribution in [2.45, 2.75) is 39.7 Å². The SMILES string of the molecule is CCO[Si](CCC/C(C(=O)c1ccc(OC)cc1)=C(/O)c1ccc(OC)cc1)(OCC)OCC. The number of ketones is 1. The molecule has 186 valence electrons. The lowest BCUT2D eigenvalue weighted by molar-refractivity contribution is 0.0707. The summed E-state index contributed by atoms with van der Waals surface area (Å²) in [6.07, 6.45) is 0.897. The molecule has 0 unspecified atom stereocenters. The van der Waals surface area contributed by atoms with Crippen LogP contribution in [0.1, 0.15) is 49.5 Å². The number of ether oxygens (including phenoxy) is 2. The number of benzene rings is 2. The summed E-state index contributed by atoms with van der Waals surface area (Å²) in [6, 6.07) is 14.3. The van der Waals surface area contributed by atoms with Gasteiger partial charge in [0.25, 0.3) is 0 Å². The topological polar surface area (TPSA) is 83.5 Å². The van der Waals surface area contributed by atoms with Gasteiger partial charge >= 0.3 is 8.80 Å². The zero-order valence-electron chi connectivity index (χ0n) is 20.8. The maximum Gasteiger partial charge on any atom is 0.500 e. The highest BCUT2D eigenvalue weighted by atomic mass is 28.4. The molecule has 7 nitrogen and oxygen atoms in total. The number of aliphatic hydroxyl groups excluding tert-OH is 1. The minimum atomic E-state index is -2.86. The summed E-state index contributed by atoms with van der Waals surface area (Å²) in [6.45, 7) is 7.18. The average Bonchev–Trinajstić information content (AvgIpc) is 2.86. The van der Waals surface area contributed by atoms with Gasteiger partial charge in [-0.15, -0.1) is 0 Å². The molecule has 0 saturated carbocycles. The summed E-state index contributed by atoms with van der Waals surface area (Å²) in [5, 5.41) is 11.1. The van der Waals surface area contributed by atoms with Crippen LogP contribution < -0.4 is 9.47 Å². The number of rotatable bonds is 15. The Hall–Kier alpha value is -2.65. The van der Waals surface area contributed by atoms with E-state index < -0.39 is 8.80 Å². The highest BCUT2D eigenvalue weighted by Crippen LogP contribution is 2.28. The van der Waals surface area contributed by atoms with Gasteiger partial charge in [-0.25, -0.2) is 0 Å². The maximum absolute atomic E-state index is 13.4. The summed E-state index contributed by atoms with van der Waals surface area (Å²) in [5.74, 6) is 1.02. The van der Waals surface area contributed by atoms with Crippen molar-refractivity contribution in [1.82, 2.24) is 0 Å². The van der Waals surface area contributed by atoms with E-state index in [1.807, 2.05) is 20.8 Å². The summed E-state index contributed by atoms with van der Waals surface area (Å²) >= 11 is 0. The second kappa shape index (κ2) is 13.9. The van der Waals surface area contributed by atoms with Gasteiger partial charge in [0.1, 0.15) is 17.3 Å². The van der Waals surface area contributed by atoms with Gasteiger partial charge in [0.05, 0.1) is 14.2 Å². The summed E-state index contributed by atoms with van der Waals surface area (Å²) in [4.78, 5) is 13.4. The van der Waals surface area contributed by atoms with Crippen molar-refractivity contribution in [3.8, 4) is 11.5 Å². The smallest absolute Gasteiger partial charge is 0.500 e. The predicted octanol–water partition coefficient (Wildman–Crippen LogP) is 5.68. The summed E-state index contributed by atoms with van der Waals surface area (Å²) in [5.41, 5.74) is 1.34. The zero-order valence-corrected chi connectivity index (χ0v) is 21.8. The molecule has 0 amide bonds. The van der Waals surface area contributed by atoms with Crippen LogP contribution >= 0.6 is 0 Å². The van der Waals surface area contributed by atoms with Gasteiger partial charge in [-0.2, -0.15) is 0 Å². The van der Waals surface area contributed by atoms with E-state index >= 15 is 0 Å². The minimum Gasteiger partial charge on any atom is -0.507 e. The quantitative estimate of drug-likeness (QED) is 0.149. The molecule has 0 fully saturated rings. The monoisotopic (exact) mass is 488 g/mol. The molecule has 0 aromatic heterocycles. The molecule has 0 spiro atoms. The summed E-state index contributed by atoms with van der Waals surface area (Å²) in [7, 11) is 0.286. The first-order chi connectivity index (χ1) is 16.4. The normalized spacial score (nSPS) is 12.3. The number of allylic oxidation sites excluding steroid dienone is 1. The Morgan fingerprint density at radius 1 is 0.765 bits per heavy atom. The van der Waals surface area contributed by atoms with Crippen molar-refractivity contribution in [2.24, 2.45) is 0 Å². The van der Waals surface area contributed by atoms with Crippen molar-refractivity contribution in [1.29, 1.82) is 0 Å². The van der Waals surface area contributed by atoms with E-state index in [1.54, 1.807) is 62.8 Å². The molecule has 0 saturated heterocycles. The van der Waals surface area contributed by atoms with Gasteiger partial charge in [0, 0.05) is 42.6 Å². The maximum atomic E-state index is 13.4. The molecule has 0 radical (unpaired) electrons. The van der Waals surface area contributed by atoms with Crippen LogP contribution in [0.5, 0.6) is 11.5 Å². The number of hydrogen-bond acceptors (Lipinski definition) is 7. The van der Waals surface area contributed by atoms with Crippen LogP contribution in [0, 0.1) is 0 Å². The molecule has 0 aliphatic carbocycles. The van der Waals surface area contributed by atoms with Crippen LogP contribution in [-0.4, -0.2) is 53.7 Å². The summed E-state index contributed by atoms with van der Waals surface area (Å²) < 4.78 is 28.2. The van der Waals surface area contributed by atoms with Crippen LogP contribution in [0.2, 0.25) is 6.04 Å². The lowest BCUT2D eigenvalue weighted by Crippen LogP contribution is -2.45. The van der Waals surface area contributed by atoms with Crippen molar-refractivity contribution < 1.29 is 32.7 Å². The lowest BCUT2D eigenvalue weighted by Gasteiger charge is -2.28. The van der Waals surface area contributed by atoms with Gasteiger partial charge in [-0.3, -0.25) is 4.79 Å². The first-order valence-corrected chi connectivity index (χ1v) is 13.5. The molecule has 0 aliphatic rings. The van der Waals surface area contributed by atoms with E-state index in [-0.39, 0.29) is 11.5 Å². The molecule has 8 heteroatoms. The fourth-order valence-electron chi connectivity index (χ4n) is 3.66. The number of hydrogen-bond donors (Lipinski definition) is 1. The molecule has 2 rings (SSSR count). The second-order valence-corrected chi connectivity index (χ2v) is 10.2. The second-order valence-electron chi connectivity index (χ2n) is 7.45. The van der Waals surface area contributed by atoms with Crippen molar-refractivity contribution in [3.05, 3.63) is 65.2 Å². The van der Waals surface area contributed by atoms with Crippen molar-refractivity contribution in [3.63, 3.8) is 0 Å². The molecule has 0 atom stereocenters. The van der Waals surface area contributed by atoms with Crippen LogP contribution in [-0.2, 0) is 13.3 Å². The van der Waals surface area contributed by atoms with Crippen LogP contribution in [0.15, 0.2) is 54.1 Å². The average molecular weight is 489 g/mol. The fraction of sp³-hybridized carbons (Fsp3) is 0.423. The van der Waals surface area contributed by atoms with Gasteiger partial charge < -0.3 is 27.9 Å². The molecule has 0 bridgehead atoms. The highest BCUT2D eigenvalue weighted by molar-refractivity contribution is 6.60. The number of carbonyl (C=O) groups is 1. The Balaban J connectivity index is 2.36. The number of aliphatic hydroxyl groups is 1. The van der Waals surface area contributed by atoms with E-state index in [9.17, 15) is 9.90 Å². The Labute approximate surface area is 203 Å². The standard InChI is InChI=1S/C26H36O7Si/c1-6-31-34(32-7-2,33-8-3)19-9-10-24(25(27)20-11-15-22(29-4)16-12-20)26(28)21-13-17-23(30-5)18-14-21/h11-18,27H,6-10,19H2,1-5H3/b25-24-. The van der Waals surface area contributed by atoms with Gasteiger partial charge in [0.2, 0.25) is 0 Å². The Morgan fingerprint density at radius 2 is 1.21 bits per heavy atom. The van der Waals surface area contributed by atoms with E-state index in [2.05, 4.69) is 0 Å². The first kappa shape index (κ1) is 27.6. The molecule has 0 heterocycles. The van der Waals surface area contributed by atoms with Crippen LogP contribution in [0.3, 0.4) is 0 Å². The minimum absolute atomic E-state index is 0.0556. The molecule has 34 heavy (non-hydrogen) atoms. The Morgan fingerprint density at radius 3 is 1.62 bits per heavy atom. The van der Waals surface area contributed by atoms with E-state index in [1.165, 1.54) is 0 Å². The third kappa shape index (κ3) is 7.43. The van der Waals surface area contributed by atoms with Crippen molar-refractivity contribution in [2.75, 3.05) is 34.0 Å². The molecule has 2 aromatic rings. The highest BCUT2D eigenvalue weighted by Gasteiger charge is 2.40. The zero-order chi connectivity index (χ0) is 25.0. The Bertz CT molecular complexity index is 906. The third-order valence-electron chi connectivity index (χ3n) is 5.28. The third-order valence-corrected chi connectivity index (χ3v) is 8.43. The van der Waals surface area contributed by atoms with E-state index in [0.717, 1.165) is 0 Å². The fourth-order valence-corrected chi connectivity index (χ4v) is 6.27. The molecule has 1 N–H and O–H groups in total. The first-order valence-electron chi connectivity index (χ1n) is 11.6. The number of carbonyl (C=O) groups excluding carboxylic acids is 1. The van der Waals surface area contributed by atoms with E-state index in [0.29, 0.717) is 66.9 Å². The van der Waals surface area contributed by atoms with Crippen molar-refractivity contribution >= 4 is 20.3 Å². The molecule has 0 aliphatic heterocycles. The largest absolute Gasteiger partial charge is 0.507 e.